The molecule has 0 bridgehead atoms. The number of thiophene rings is 1. The lowest BCUT2D eigenvalue weighted by Gasteiger charge is -2.29. The molecule has 4 N–H and O–H groups in total. The van der Waals surface area contributed by atoms with Crippen molar-refractivity contribution in [1.82, 2.24) is 9.78 Å². The van der Waals surface area contributed by atoms with E-state index in [0.717, 1.165) is 34.6 Å². The van der Waals surface area contributed by atoms with E-state index in [0.29, 0.717) is 24.1 Å². The molecule has 0 spiro atoms. The van der Waals surface area contributed by atoms with E-state index < -0.39 is 5.91 Å². The molecule has 1 aliphatic rings. The smallest absolute Gasteiger partial charge is 0.250 e. The Balaban J connectivity index is 1.85. The van der Waals surface area contributed by atoms with Gasteiger partial charge in [0.05, 0.1) is 34.8 Å². The highest BCUT2D eigenvalue weighted by Gasteiger charge is 2.36. The molecule has 0 saturated heterocycles. The van der Waals surface area contributed by atoms with Crippen LogP contribution in [0.4, 0.5) is 5.69 Å². The van der Waals surface area contributed by atoms with Gasteiger partial charge in [-0.25, -0.2) is 4.68 Å². The van der Waals surface area contributed by atoms with Crippen molar-refractivity contribution in [2.24, 2.45) is 11.1 Å². The Labute approximate surface area is 184 Å². The number of nitrogens with two attached hydrogens (primary N) is 1. The first kappa shape index (κ1) is 21.3. The van der Waals surface area contributed by atoms with E-state index in [4.69, 9.17) is 10.8 Å². The highest BCUT2D eigenvalue weighted by atomic mass is 32.1. The molecular weight excluding hydrogens is 412 g/mol. The third-order valence-electron chi connectivity index (χ3n) is 5.51. The number of nitrogens with one attached hydrogen (secondary N) is 1. The summed E-state index contributed by atoms with van der Waals surface area (Å²) in [6.45, 7) is 4.39. The van der Waals surface area contributed by atoms with Gasteiger partial charge in [-0.1, -0.05) is 13.8 Å². The van der Waals surface area contributed by atoms with Crippen LogP contribution in [0.15, 0.2) is 35.0 Å². The lowest BCUT2D eigenvalue weighted by Crippen LogP contribution is -2.28. The molecule has 0 atom stereocenters. The second kappa shape index (κ2) is 8.28. The molecule has 2 aromatic heterocycles. The van der Waals surface area contributed by atoms with Crippen LogP contribution >= 0.6 is 11.3 Å². The number of hydrogen-bond acceptors (Lipinski definition) is 6. The first-order chi connectivity index (χ1) is 14.8. The molecule has 7 nitrogen and oxygen atoms in total. The van der Waals surface area contributed by atoms with Gasteiger partial charge in [-0.3, -0.25) is 9.59 Å². The number of fused-ring (bicyclic) bond motifs is 1. The van der Waals surface area contributed by atoms with Crippen LogP contribution in [0.3, 0.4) is 0 Å². The summed E-state index contributed by atoms with van der Waals surface area (Å²) in [4.78, 5) is 24.9. The van der Waals surface area contributed by atoms with Gasteiger partial charge in [-0.15, -0.1) is 0 Å². The summed E-state index contributed by atoms with van der Waals surface area (Å²) in [6.07, 6.45) is 1.81. The van der Waals surface area contributed by atoms with Gasteiger partial charge in [0.2, 0.25) is 0 Å². The van der Waals surface area contributed by atoms with Crippen molar-refractivity contribution in [3.63, 3.8) is 0 Å². The Morgan fingerprint density at radius 2 is 2.13 bits per heavy atom. The van der Waals surface area contributed by atoms with Crippen molar-refractivity contribution in [2.75, 3.05) is 18.5 Å². The van der Waals surface area contributed by atoms with Gasteiger partial charge >= 0.3 is 0 Å². The normalized spacial score (nSPS) is 15.0. The number of Topliss-reactive ketones (excluding diaryl/α,β-unsaturated/α-hetero) is 1. The number of primary amides is 1. The molecule has 31 heavy (non-hydrogen) atoms. The zero-order valence-corrected chi connectivity index (χ0v) is 18.5. The second-order valence-electron chi connectivity index (χ2n) is 8.67. The number of hydrogen-bond donors (Lipinski definition) is 3. The van der Waals surface area contributed by atoms with Gasteiger partial charge in [-0.05, 0) is 52.4 Å². The van der Waals surface area contributed by atoms with Gasteiger partial charge in [-0.2, -0.15) is 16.4 Å². The van der Waals surface area contributed by atoms with Gasteiger partial charge < -0.3 is 16.2 Å². The molecule has 0 fully saturated rings. The zero-order chi connectivity index (χ0) is 22.2. The molecule has 0 radical (unpaired) electrons. The highest BCUT2D eigenvalue weighted by Crippen LogP contribution is 2.38. The summed E-state index contributed by atoms with van der Waals surface area (Å²) in [6, 6.07) is 7.28. The van der Waals surface area contributed by atoms with E-state index in [1.54, 1.807) is 29.5 Å². The van der Waals surface area contributed by atoms with E-state index in [2.05, 4.69) is 24.5 Å². The lowest BCUT2D eigenvalue weighted by molar-refractivity contribution is 0.0909. The number of ketones is 1. The van der Waals surface area contributed by atoms with Crippen molar-refractivity contribution in [1.29, 1.82) is 0 Å². The maximum Gasteiger partial charge on any atom is 0.250 e. The Bertz CT molecular complexity index is 1130. The zero-order valence-electron chi connectivity index (χ0n) is 17.6. The van der Waals surface area contributed by atoms with E-state index in [9.17, 15) is 14.7 Å². The first-order valence-electron chi connectivity index (χ1n) is 10.2. The number of aromatic nitrogens is 2. The van der Waals surface area contributed by atoms with E-state index >= 15 is 0 Å². The quantitative estimate of drug-likeness (QED) is 0.525. The largest absolute Gasteiger partial charge is 0.395 e. The summed E-state index contributed by atoms with van der Waals surface area (Å²) in [5, 5.41) is 21.2. The molecule has 1 amide bonds. The van der Waals surface area contributed by atoms with Crippen LogP contribution in [0.1, 0.15) is 57.9 Å². The van der Waals surface area contributed by atoms with Crippen molar-refractivity contribution in [3.05, 3.63) is 63.1 Å². The van der Waals surface area contributed by atoms with Crippen LogP contribution in [0.5, 0.6) is 0 Å². The number of nitrogens with zero attached hydrogens (tertiary/aromatic N) is 2. The van der Waals surface area contributed by atoms with Gasteiger partial charge in [0.15, 0.2) is 5.78 Å². The minimum absolute atomic E-state index is 0.0763. The van der Waals surface area contributed by atoms with E-state index in [1.807, 2.05) is 16.1 Å². The summed E-state index contributed by atoms with van der Waals surface area (Å²) >= 11 is 1.62. The molecule has 1 aromatic carbocycles. The summed E-state index contributed by atoms with van der Waals surface area (Å²) in [5.41, 5.74) is 10.5. The standard InChI is InChI=1S/C23H26N4O3S/c1-23(2)11-19-21(20(29)12-23)18(9-14-5-8-31-13-14)26-27(19)15-3-4-16(22(24)30)17(10-15)25-6-7-28/h3-5,8,10,13,25,28H,6-7,9,11-12H2,1-2H3,(H2,24,30). The Morgan fingerprint density at radius 1 is 1.32 bits per heavy atom. The number of aliphatic hydroxyl groups excluding tert-OH is 1. The maximum atomic E-state index is 13.1. The number of carbonyl (C=O) groups is 2. The summed E-state index contributed by atoms with van der Waals surface area (Å²) in [5.74, 6) is -0.431. The molecular formula is C23H26N4O3S. The van der Waals surface area contributed by atoms with Crippen LogP contribution in [0.2, 0.25) is 0 Å². The predicted octanol–water partition coefficient (Wildman–Crippen LogP) is 3.18. The molecule has 0 saturated carbocycles. The maximum absolute atomic E-state index is 13.1. The number of aliphatic hydroxyl groups is 1. The Kier molecular flexibility index (Phi) is 5.68. The number of anilines is 1. The number of benzene rings is 1. The number of rotatable bonds is 7. The third-order valence-corrected chi connectivity index (χ3v) is 6.24. The first-order valence-corrected chi connectivity index (χ1v) is 11.2. The molecule has 8 heteroatoms. The molecule has 1 aliphatic carbocycles. The SMILES string of the molecule is CC1(C)CC(=O)c2c(Cc3ccsc3)nn(-c3ccc(C(N)=O)c(NCCO)c3)c2C1. The monoisotopic (exact) mass is 438 g/mol. The van der Waals surface area contributed by atoms with Crippen LogP contribution in [-0.2, 0) is 12.8 Å². The average Bonchev–Trinajstić information content (AvgIpc) is 3.33. The molecule has 3 aromatic rings. The second-order valence-corrected chi connectivity index (χ2v) is 9.45. The topological polar surface area (TPSA) is 110 Å². The van der Waals surface area contributed by atoms with Gasteiger partial charge in [0.1, 0.15) is 0 Å². The summed E-state index contributed by atoms with van der Waals surface area (Å²) < 4.78 is 1.82. The van der Waals surface area contributed by atoms with Crippen molar-refractivity contribution < 1.29 is 14.7 Å². The van der Waals surface area contributed by atoms with Gasteiger partial charge in [0.25, 0.3) is 5.91 Å². The Hall–Kier alpha value is -2.97. The van der Waals surface area contributed by atoms with Crippen LogP contribution < -0.4 is 11.1 Å². The van der Waals surface area contributed by atoms with Crippen molar-refractivity contribution in [2.45, 2.75) is 33.1 Å². The molecule has 4 rings (SSSR count). The minimum atomic E-state index is -0.552. The van der Waals surface area contributed by atoms with E-state index in [1.165, 1.54) is 0 Å². The molecule has 0 aliphatic heterocycles. The lowest BCUT2D eigenvalue weighted by atomic mass is 9.75. The Morgan fingerprint density at radius 3 is 2.81 bits per heavy atom. The highest BCUT2D eigenvalue weighted by molar-refractivity contribution is 7.07. The van der Waals surface area contributed by atoms with Crippen LogP contribution in [0.25, 0.3) is 5.69 Å². The number of carbonyl (C=O) groups excluding carboxylic acids is 2. The number of amides is 1. The molecule has 0 unspecified atom stereocenters. The molecule has 2 heterocycles. The third kappa shape index (κ3) is 4.26. The fourth-order valence-electron chi connectivity index (χ4n) is 4.17. The minimum Gasteiger partial charge on any atom is -0.395 e. The fourth-order valence-corrected chi connectivity index (χ4v) is 4.84. The van der Waals surface area contributed by atoms with E-state index in [-0.39, 0.29) is 24.3 Å². The van der Waals surface area contributed by atoms with Crippen LogP contribution in [-0.4, -0.2) is 39.7 Å². The van der Waals surface area contributed by atoms with Gasteiger partial charge in [0, 0.05) is 25.1 Å². The van der Waals surface area contributed by atoms with Crippen molar-refractivity contribution in [3.8, 4) is 5.69 Å². The molecule has 162 valence electrons. The summed E-state index contributed by atoms with van der Waals surface area (Å²) in [7, 11) is 0. The van der Waals surface area contributed by atoms with Crippen LogP contribution in [0, 0.1) is 5.41 Å². The fraction of sp³-hybridized carbons (Fsp3) is 0.348. The van der Waals surface area contributed by atoms with Crippen molar-refractivity contribution >= 4 is 28.7 Å². The predicted molar refractivity (Wildman–Crippen MR) is 121 cm³/mol. The average molecular weight is 439 g/mol.